The van der Waals surface area contributed by atoms with Crippen LogP contribution in [0.1, 0.15) is 31.8 Å². The van der Waals surface area contributed by atoms with Gasteiger partial charge in [0, 0.05) is 33.1 Å². The summed E-state index contributed by atoms with van der Waals surface area (Å²) in [4.78, 5) is 30.9. The lowest BCUT2D eigenvalue weighted by molar-refractivity contribution is 0.0956. The van der Waals surface area contributed by atoms with Crippen LogP contribution in [0.5, 0.6) is 0 Å². The molecular weight excluding hydrogens is 543 g/mol. The number of aromatic nitrogens is 1. The molecule has 0 unspecified atom stereocenters. The van der Waals surface area contributed by atoms with Gasteiger partial charge in [0.25, 0.3) is 11.8 Å². The zero-order valence-corrected chi connectivity index (χ0v) is 21.2. The number of carbonyl (C=O) groups excluding carboxylic acids is 2. The van der Waals surface area contributed by atoms with Crippen molar-refractivity contribution >= 4 is 51.4 Å². The van der Waals surface area contributed by atoms with E-state index in [-0.39, 0.29) is 11.5 Å². The Morgan fingerprint density at radius 2 is 1.78 bits per heavy atom. The normalized spacial score (nSPS) is 10.8. The van der Waals surface area contributed by atoms with E-state index in [1.165, 1.54) is 18.3 Å². The Hall–Kier alpha value is -3.82. The lowest BCUT2D eigenvalue weighted by atomic mass is 10.1. The van der Waals surface area contributed by atoms with Crippen molar-refractivity contribution in [3.05, 3.63) is 124 Å². The van der Waals surface area contributed by atoms with Crippen molar-refractivity contribution in [2.75, 3.05) is 5.32 Å². The van der Waals surface area contributed by atoms with Gasteiger partial charge in [-0.2, -0.15) is 5.10 Å². The first-order valence-corrected chi connectivity index (χ1v) is 12.6. The maximum Gasteiger partial charge on any atom is 0.273 e. The zero-order chi connectivity index (χ0) is 25.3. The number of carbonyl (C=O) groups is 2. The fourth-order valence-electron chi connectivity index (χ4n) is 3.22. The summed E-state index contributed by atoms with van der Waals surface area (Å²) in [5.74, 6) is -0.574. The quantitative estimate of drug-likeness (QED) is 0.150. The van der Waals surface area contributed by atoms with Crippen molar-refractivity contribution in [2.24, 2.45) is 5.10 Å². The molecule has 1 heterocycles. The number of amides is 2. The van der Waals surface area contributed by atoms with Crippen molar-refractivity contribution in [1.82, 2.24) is 10.4 Å². The first-order valence-electron chi connectivity index (χ1n) is 10.8. The van der Waals surface area contributed by atoms with Crippen molar-refractivity contribution in [3.8, 4) is 0 Å². The Kier molecular flexibility index (Phi) is 8.59. The van der Waals surface area contributed by atoms with E-state index < -0.39 is 11.7 Å². The van der Waals surface area contributed by atoms with Crippen LogP contribution in [0.2, 0.25) is 0 Å². The van der Waals surface area contributed by atoms with E-state index in [1.807, 2.05) is 30.3 Å². The fourth-order valence-corrected chi connectivity index (χ4v) is 4.41. The Morgan fingerprint density at radius 3 is 2.58 bits per heavy atom. The zero-order valence-electron chi connectivity index (χ0n) is 18.8. The molecule has 4 rings (SSSR count). The van der Waals surface area contributed by atoms with E-state index in [4.69, 9.17) is 0 Å². The number of benzene rings is 3. The maximum atomic E-state index is 13.3. The van der Waals surface area contributed by atoms with Crippen LogP contribution in [0.15, 0.2) is 106 Å². The van der Waals surface area contributed by atoms with Gasteiger partial charge in [0.2, 0.25) is 0 Å². The van der Waals surface area contributed by atoms with Crippen LogP contribution in [0.25, 0.3) is 0 Å². The predicted molar refractivity (Wildman–Crippen MR) is 144 cm³/mol. The highest BCUT2D eigenvalue weighted by molar-refractivity contribution is 9.10. The molecule has 0 aliphatic rings. The van der Waals surface area contributed by atoms with E-state index >= 15 is 0 Å². The highest BCUT2D eigenvalue weighted by Crippen LogP contribution is 2.24. The minimum Gasteiger partial charge on any atom is -0.321 e. The molecule has 1 aromatic heterocycles. The highest BCUT2D eigenvalue weighted by Gasteiger charge is 2.15. The second-order valence-corrected chi connectivity index (χ2v) is 9.53. The Labute approximate surface area is 220 Å². The molecule has 4 aromatic rings. The summed E-state index contributed by atoms with van der Waals surface area (Å²) in [6.07, 6.45) is 4.82. The number of nitrogens with zero attached hydrogens (tertiary/aromatic N) is 2. The molecule has 0 aliphatic heterocycles. The van der Waals surface area contributed by atoms with Gasteiger partial charge in [-0.15, -0.1) is 11.8 Å². The third kappa shape index (κ3) is 7.10. The molecule has 0 radical (unpaired) electrons. The van der Waals surface area contributed by atoms with Gasteiger partial charge in [-0.25, -0.2) is 9.82 Å². The van der Waals surface area contributed by atoms with Gasteiger partial charge >= 0.3 is 0 Å². The summed E-state index contributed by atoms with van der Waals surface area (Å²) in [5.41, 5.74) is 4.93. The van der Waals surface area contributed by atoms with Gasteiger partial charge in [0.05, 0.1) is 17.5 Å². The number of hydrazone groups is 1. The molecule has 180 valence electrons. The van der Waals surface area contributed by atoms with Gasteiger partial charge in [-0.1, -0.05) is 40.2 Å². The summed E-state index contributed by atoms with van der Waals surface area (Å²) in [5, 5.41) is 6.71. The minimum atomic E-state index is -0.526. The number of anilines is 1. The van der Waals surface area contributed by atoms with Crippen LogP contribution in [0.4, 0.5) is 10.1 Å². The van der Waals surface area contributed by atoms with Crippen LogP contribution in [0.3, 0.4) is 0 Å². The van der Waals surface area contributed by atoms with Crippen LogP contribution >= 0.6 is 27.7 Å². The largest absolute Gasteiger partial charge is 0.321 e. The number of halogens is 2. The Bertz CT molecular complexity index is 1420. The fraction of sp³-hybridized carbons (Fsp3) is 0.0370. The first kappa shape index (κ1) is 25.3. The van der Waals surface area contributed by atoms with Crippen molar-refractivity contribution < 1.29 is 14.0 Å². The van der Waals surface area contributed by atoms with Crippen molar-refractivity contribution in [3.63, 3.8) is 0 Å². The van der Waals surface area contributed by atoms with Gasteiger partial charge in [-0.3, -0.25) is 14.6 Å². The number of rotatable bonds is 8. The molecule has 0 saturated heterocycles. The van der Waals surface area contributed by atoms with Gasteiger partial charge in [0.15, 0.2) is 0 Å². The molecule has 0 atom stereocenters. The minimum absolute atomic E-state index is 0.221. The average molecular weight is 563 g/mol. The number of pyridine rings is 1. The molecule has 0 aliphatic carbocycles. The Morgan fingerprint density at radius 1 is 0.972 bits per heavy atom. The average Bonchev–Trinajstić information content (AvgIpc) is 2.89. The van der Waals surface area contributed by atoms with Gasteiger partial charge in [-0.05, 0) is 65.7 Å². The standard InChI is InChI=1S/C27H20BrFN4O2S/c28-21-7-8-25(24(15-21)27(35)33-31-16-18-3-2-6-22(29)14-18)32-26(34)20-5-1-4-19(13-20)17-36-23-9-11-30-12-10-23/h1-16H,17H2,(H,32,34)(H,33,35). The van der Waals surface area contributed by atoms with Crippen LogP contribution in [-0.4, -0.2) is 23.0 Å². The molecule has 2 amide bonds. The third-order valence-electron chi connectivity index (χ3n) is 4.95. The lowest BCUT2D eigenvalue weighted by Gasteiger charge is -2.11. The van der Waals surface area contributed by atoms with E-state index in [1.54, 1.807) is 60.6 Å². The molecule has 0 bridgehead atoms. The topological polar surface area (TPSA) is 83.5 Å². The van der Waals surface area contributed by atoms with Crippen LogP contribution in [-0.2, 0) is 5.75 Å². The second-order valence-electron chi connectivity index (χ2n) is 7.57. The lowest BCUT2D eigenvalue weighted by Crippen LogP contribution is -2.21. The van der Waals surface area contributed by atoms with E-state index in [0.717, 1.165) is 10.5 Å². The maximum absolute atomic E-state index is 13.3. The predicted octanol–water partition coefficient (Wildman–Crippen LogP) is 6.29. The summed E-state index contributed by atoms with van der Waals surface area (Å²) in [6, 6.07) is 22.0. The summed E-state index contributed by atoms with van der Waals surface area (Å²) < 4.78 is 14.0. The van der Waals surface area contributed by atoms with Crippen LogP contribution < -0.4 is 10.7 Å². The third-order valence-corrected chi connectivity index (χ3v) is 6.52. The molecule has 9 heteroatoms. The summed E-state index contributed by atoms with van der Waals surface area (Å²) in [6.45, 7) is 0. The number of hydrogen-bond acceptors (Lipinski definition) is 5. The van der Waals surface area contributed by atoms with E-state index in [0.29, 0.717) is 27.0 Å². The van der Waals surface area contributed by atoms with Gasteiger partial charge < -0.3 is 5.32 Å². The van der Waals surface area contributed by atoms with E-state index in [2.05, 4.69) is 36.8 Å². The first-order chi connectivity index (χ1) is 17.5. The highest BCUT2D eigenvalue weighted by atomic mass is 79.9. The SMILES string of the molecule is O=C(Nc1ccc(Br)cc1C(=O)NN=Cc1cccc(F)c1)c1cccc(CSc2ccncc2)c1. The second kappa shape index (κ2) is 12.2. The molecule has 0 saturated carbocycles. The molecule has 6 nitrogen and oxygen atoms in total. The molecule has 3 aromatic carbocycles. The van der Waals surface area contributed by atoms with Crippen LogP contribution in [0, 0.1) is 5.82 Å². The van der Waals surface area contributed by atoms with Crippen molar-refractivity contribution in [2.45, 2.75) is 10.6 Å². The molecule has 2 N–H and O–H groups in total. The monoisotopic (exact) mass is 562 g/mol. The summed E-state index contributed by atoms with van der Waals surface area (Å²) in [7, 11) is 0. The van der Waals surface area contributed by atoms with E-state index in [9.17, 15) is 14.0 Å². The molecule has 0 spiro atoms. The number of nitrogens with one attached hydrogen (secondary N) is 2. The number of hydrogen-bond donors (Lipinski definition) is 2. The van der Waals surface area contributed by atoms with Gasteiger partial charge in [0.1, 0.15) is 5.82 Å². The summed E-state index contributed by atoms with van der Waals surface area (Å²) >= 11 is 5.00. The smallest absolute Gasteiger partial charge is 0.273 e. The van der Waals surface area contributed by atoms with Crippen molar-refractivity contribution in [1.29, 1.82) is 0 Å². The Balaban J connectivity index is 1.44. The number of thioether (sulfide) groups is 1. The molecule has 36 heavy (non-hydrogen) atoms. The molecular formula is C27H20BrFN4O2S. The molecule has 0 fully saturated rings.